The monoisotopic (exact) mass is 595 g/mol. The second kappa shape index (κ2) is 11.9. The molecule has 0 radical (unpaired) electrons. The van der Waals surface area contributed by atoms with Crippen LogP contribution < -0.4 is 5.32 Å². The molecule has 2 atom stereocenters. The highest BCUT2D eigenvalue weighted by Gasteiger charge is 2.41. The Kier molecular flexibility index (Phi) is 9.45. The van der Waals surface area contributed by atoms with Crippen LogP contribution in [-0.4, -0.2) is 54.8 Å². The van der Waals surface area contributed by atoms with Gasteiger partial charge < -0.3 is 15.1 Å². The summed E-state index contributed by atoms with van der Waals surface area (Å²) >= 11 is 0. The predicted octanol–water partition coefficient (Wildman–Crippen LogP) is 5.40. The van der Waals surface area contributed by atoms with Crippen LogP contribution in [0.25, 0.3) is 0 Å². The van der Waals surface area contributed by atoms with E-state index in [-0.39, 0.29) is 55.4 Å². The predicted molar refractivity (Wildman–Crippen MR) is 135 cm³/mol. The molecule has 5 nitrogen and oxygen atoms in total. The third-order valence-corrected chi connectivity index (χ3v) is 7.45. The highest BCUT2D eigenvalue weighted by atomic mass is 35.5. The van der Waals surface area contributed by atoms with Gasteiger partial charge in [-0.25, -0.2) is 4.39 Å². The molecular formula is C27H29ClF7N3O2. The van der Waals surface area contributed by atoms with Crippen molar-refractivity contribution < 1.29 is 40.3 Å². The van der Waals surface area contributed by atoms with Crippen molar-refractivity contribution in [3.05, 3.63) is 70.0 Å². The molecule has 0 bridgehead atoms. The fraction of sp³-hybridized carbons (Fsp3) is 0.481. The van der Waals surface area contributed by atoms with Crippen molar-refractivity contribution in [1.29, 1.82) is 0 Å². The number of carbonyl (C=O) groups excluding carboxylic acids is 2. The summed E-state index contributed by atoms with van der Waals surface area (Å²) in [6.07, 6.45) is -9.76. The van der Waals surface area contributed by atoms with Gasteiger partial charge in [0.2, 0.25) is 11.8 Å². The van der Waals surface area contributed by atoms with Crippen LogP contribution >= 0.6 is 12.4 Å². The maximum atomic E-state index is 13.8. The number of nitrogens with zero attached hydrogens (tertiary/aromatic N) is 2. The number of likely N-dealkylation sites (tertiary alicyclic amines) is 1. The number of amides is 2. The summed E-state index contributed by atoms with van der Waals surface area (Å²) in [5.41, 5.74) is -1.98. The molecule has 0 aliphatic carbocycles. The zero-order valence-electron chi connectivity index (χ0n) is 21.7. The highest BCUT2D eigenvalue weighted by molar-refractivity contribution is 5.85. The molecule has 1 N–H and O–H groups in total. The van der Waals surface area contributed by atoms with Crippen molar-refractivity contribution in [2.75, 3.05) is 33.2 Å². The summed E-state index contributed by atoms with van der Waals surface area (Å²) in [7, 11) is 1.32. The van der Waals surface area contributed by atoms with Crippen molar-refractivity contribution in [2.24, 2.45) is 11.8 Å². The van der Waals surface area contributed by atoms with Gasteiger partial charge in [-0.2, -0.15) is 26.3 Å². The number of nitrogens with one attached hydrogen (secondary N) is 1. The van der Waals surface area contributed by atoms with E-state index >= 15 is 0 Å². The molecule has 2 aliphatic rings. The van der Waals surface area contributed by atoms with Crippen LogP contribution in [0.5, 0.6) is 0 Å². The van der Waals surface area contributed by atoms with E-state index in [0.29, 0.717) is 36.3 Å². The number of benzene rings is 2. The average Bonchev–Trinajstić information content (AvgIpc) is 2.81. The summed E-state index contributed by atoms with van der Waals surface area (Å²) in [6, 6.07) is 5.38. The summed E-state index contributed by atoms with van der Waals surface area (Å²) in [4.78, 5) is 29.3. The van der Waals surface area contributed by atoms with Gasteiger partial charge >= 0.3 is 12.4 Å². The van der Waals surface area contributed by atoms with Gasteiger partial charge in [-0.15, -0.1) is 12.4 Å². The van der Waals surface area contributed by atoms with E-state index in [2.05, 4.69) is 5.32 Å². The lowest BCUT2D eigenvalue weighted by Gasteiger charge is -2.42. The number of hydrogen-bond donors (Lipinski definition) is 1. The van der Waals surface area contributed by atoms with Crippen LogP contribution in [-0.2, 0) is 28.5 Å². The van der Waals surface area contributed by atoms with E-state index < -0.39 is 53.6 Å². The lowest BCUT2D eigenvalue weighted by atomic mass is 9.78. The van der Waals surface area contributed by atoms with E-state index in [1.165, 1.54) is 19.2 Å². The molecule has 2 fully saturated rings. The first kappa shape index (κ1) is 31.7. The van der Waals surface area contributed by atoms with Gasteiger partial charge in [-0.1, -0.05) is 6.07 Å². The smallest absolute Gasteiger partial charge is 0.342 e. The van der Waals surface area contributed by atoms with Gasteiger partial charge in [0, 0.05) is 51.6 Å². The maximum absolute atomic E-state index is 13.8. The summed E-state index contributed by atoms with van der Waals surface area (Å²) in [5, 5.41) is 3.04. The molecule has 13 heteroatoms. The lowest BCUT2D eigenvalue weighted by Crippen LogP contribution is -2.55. The molecule has 40 heavy (non-hydrogen) atoms. The van der Waals surface area contributed by atoms with Crippen molar-refractivity contribution in [3.8, 4) is 0 Å². The Bertz CT molecular complexity index is 1220. The molecule has 2 aromatic rings. The average molecular weight is 596 g/mol. The number of hydrogen-bond acceptors (Lipinski definition) is 3. The zero-order chi connectivity index (χ0) is 28.7. The van der Waals surface area contributed by atoms with E-state index in [1.54, 1.807) is 17.9 Å². The fourth-order valence-corrected chi connectivity index (χ4v) is 5.29. The molecule has 0 aromatic heterocycles. The van der Waals surface area contributed by atoms with Crippen LogP contribution in [0.1, 0.15) is 40.2 Å². The van der Waals surface area contributed by atoms with Crippen LogP contribution in [0.2, 0.25) is 0 Å². The van der Waals surface area contributed by atoms with Gasteiger partial charge in [0.1, 0.15) is 5.82 Å². The summed E-state index contributed by atoms with van der Waals surface area (Å²) < 4.78 is 93.7. The second-order valence-electron chi connectivity index (χ2n) is 10.3. The Morgan fingerprint density at radius 1 is 1.00 bits per heavy atom. The standard InChI is InChI=1S/C27H28F7N3O2.ClH/c1-15-7-20(28)3-4-21(15)23-14-37(24(38)17-11-35-12-17)6-5-22(23)25(39)36(2)13-16-8-18(26(29,30)31)10-19(9-16)27(32,33)34;/h3-4,7-10,17,22-23,35H,5-6,11-14H2,1-2H3;1H/t22-,23+;/m1./s1. The Hall–Kier alpha value is -2.86. The lowest BCUT2D eigenvalue weighted by molar-refractivity contribution is -0.144. The number of rotatable bonds is 5. The van der Waals surface area contributed by atoms with Crippen LogP contribution in [0.3, 0.4) is 0 Å². The molecule has 0 saturated carbocycles. The van der Waals surface area contributed by atoms with Crippen LogP contribution in [0.4, 0.5) is 30.7 Å². The van der Waals surface area contributed by atoms with Gasteiger partial charge in [-0.3, -0.25) is 9.59 Å². The van der Waals surface area contributed by atoms with Crippen molar-refractivity contribution in [1.82, 2.24) is 15.1 Å². The van der Waals surface area contributed by atoms with Crippen molar-refractivity contribution >= 4 is 24.2 Å². The number of aryl methyl sites for hydroxylation is 1. The zero-order valence-corrected chi connectivity index (χ0v) is 22.5. The first-order chi connectivity index (χ1) is 18.1. The first-order valence-electron chi connectivity index (χ1n) is 12.4. The van der Waals surface area contributed by atoms with Crippen LogP contribution in [0.15, 0.2) is 36.4 Å². The van der Waals surface area contributed by atoms with E-state index in [4.69, 9.17) is 0 Å². The van der Waals surface area contributed by atoms with E-state index in [9.17, 15) is 40.3 Å². The highest BCUT2D eigenvalue weighted by Crippen LogP contribution is 2.38. The molecule has 0 unspecified atom stereocenters. The number of piperidine rings is 1. The SMILES string of the molecule is Cc1cc(F)ccc1[C@@H]1CN(C(=O)C2CNC2)CC[C@H]1C(=O)N(C)Cc1cc(C(F)(F)F)cc(C(F)(F)F)c1.Cl. The van der Waals surface area contributed by atoms with E-state index in [1.807, 2.05) is 0 Å². The molecule has 0 spiro atoms. The molecule has 2 aromatic carbocycles. The van der Waals surface area contributed by atoms with E-state index in [0.717, 1.165) is 4.90 Å². The molecule has 2 heterocycles. The minimum atomic E-state index is -5.00. The molecule has 2 saturated heterocycles. The Balaban J connectivity index is 0.00000441. The Morgan fingerprint density at radius 2 is 1.60 bits per heavy atom. The molecule has 2 amide bonds. The largest absolute Gasteiger partial charge is 0.416 e. The molecule has 2 aliphatic heterocycles. The number of carbonyl (C=O) groups is 2. The van der Waals surface area contributed by atoms with Gasteiger partial charge in [0.15, 0.2) is 0 Å². The Labute approximate surface area is 233 Å². The normalized spacial score (nSPS) is 20.0. The fourth-order valence-electron chi connectivity index (χ4n) is 5.29. The quantitative estimate of drug-likeness (QED) is 0.471. The van der Waals surface area contributed by atoms with Gasteiger partial charge in [-0.05, 0) is 60.4 Å². The summed E-state index contributed by atoms with van der Waals surface area (Å²) in [5.74, 6) is -2.41. The minimum Gasteiger partial charge on any atom is -0.342 e. The van der Waals surface area contributed by atoms with Crippen molar-refractivity contribution in [2.45, 2.75) is 38.2 Å². The third kappa shape index (κ3) is 6.88. The minimum absolute atomic E-state index is 0. The van der Waals surface area contributed by atoms with Gasteiger partial charge in [0.05, 0.1) is 17.0 Å². The maximum Gasteiger partial charge on any atom is 0.416 e. The van der Waals surface area contributed by atoms with Crippen molar-refractivity contribution in [3.63, 3.8) is 0 Å². The third-order valence-electron chi connectivity index (χ3n) is 7.45. The first-order valence-corrected chi connectivity index (χ1v) is 12.4. The molecular weight excluding hydrogens is 567 g/mol. The second-order valence-corrected chi connectivity index (χ2v) is 10.3. The van der Waals surface area contributed by atoms with Gasteiger partial charge in [0.25, 0.3) is 0 Å². The number of halogens is 8. The number of alkyl halides is 6. The molecule has 220 valence electrons. The summed E-state index contributed by atoms with van der Waals surface area (Å²) in [6.45, 7) is 2.77. The Morgan fingerprint density at radius 3 is 2.10 bits per heavy atom. The topological polar surface area (TPSA) is 52.7 Å². The van der Waals surface area contributed by atoms with Crippen LogP contribution in [0, 0.1) is 24.6 Å². The molecule has 4 rings (SSSR count).